The quantitative estimate of drug-likeness (QED) is 0.0913. The maximum absolute atomic E-state index is 12.4. The van der Waals surface area contributed by atoms with Crippen molar-refractivity contribution in [3.05, 3.63) is 111 Å². The number of fused-ring (bicyclic) bond motifs is 7. The summed E-state index contributed by atoms with van der Waals surface area (Å²) >= 11 is 13.0. The molecular formula is C36H20Br4Na2O11. The van der Waals surface area contributed by atoms with Gasteiger partial charge in [0, 0.05) is 44.5 Å². The minimum absolute atomic E-state index is 0. The Morgan fingerprint density at radius 1 is 0.830 bits per heavy atom. The fourth-order valence-corrected chi connectivity index (χ4v) is 9.08. The van der Waals surface area contributed by atoms with Crippen LogP contribution >= 0.6 is 63.7 Å². The molecule has 0 amide bonds. The van der Waals surface area contributed by atoms with Crippen molar-refractivity contribution < 1.29 is 109 Å². The number of aromatic hydroxyl groups is 4. The molecule has 2 heterocycles. The molecule has 5 N–H and O–H groups in total. The summed E-state index contributed by atoms with van der Waals surface area (Å²) in [6.07, 6.45) is 0.266. The van der Waals surface area contributed by atoms with Crippen LogP contribution in [0.25, 0.3) is 33.4 Å². The van der Waals surface area contributed by atoms with Crippen molar-refractivity contribution in [2.45, 2.75) is 17.9 Å². The summed E-state index contributed by atoms with van der Waals surface area (Å²) in [5, 5.41) is 74.5. The van der Waals surface area contributed by atoms with Crippen LogP contribution in [0, 0.1) is 0 Å². The van der Waals surface area contributed by atoms with Gasteiger partial charge in [0.15, 0.2) is 28.8 Å². The van der Waals surface area contributed by atoms with Gasteiger partial charge in [-0.15, -0.1) is 0 Å². The van der Waals surface area contributed by atoms with Crippen LogP contribution in [-0.2, 0) is 6.42 Å². The maximum atomic E-state index is 12.4. The van der Waals surface area contributed by atoms with Crippen molar-refractivity contribution >= 4 is 80.7 Å². The Morgan fingerprint density at radius 2 is 1.51 bits per heavy atom. The summed E-state index contributed by atoms with van der Waals surface area (Å²) in [6, 6.07) is 15.3. The van der Waals surface area contributed by atoms with Crippen LogP contribution < -0.4 is 79.5 Å². The number of hydrogen-bond donors (Lipinski definition) is 5. The van der Waals surface area contributed by atoms with Crippen LogP contribution in [0.15, 0.2) is 87.8 Å². The molecule has 0 fully saturated rings. The summed E-state index contributed by atoms with van der Waals surface area (Å²) in [4.78, 5) is 24.2. The zero-order valence-electron chi connectivity index (χ0n) is 27.5. The smallest absolute Gasteiger partial charge is 0.871 e. The summed E-state index contributed by atoms with van der Waals surface area (Å²) in [5.74, 6) is -3.03. The topological polar surface area (TPSA) is 204 Å². The van der Waals surface area contributed by atoms with Gasteiger partial charge in [-0.2, -0.15) is 0 Å². The van der Waals surface area contributed by atoms with E-state index in [1.165, 1.54) is 24.3 Å². The van der Waals surface area contributed by atoms with Crippen molar-refractivity contribution in [1.29, 1.82) is 0 Å². The monoisotopic (exact) mass is 990 g/mol. The van der Waals surface area contributed by atoms with E-state index in [0.717, 1.165) is 0 Å². The third kappa shape index (κ3) is 7.05. The Bertz CT molecular complexity index is 2510. The van der Waals surface area contributed by atoms with Gasteiger partial charge in [0.1, 0.15) is 22.3 Å². The summed E-state index contributed by atoms with van der Waals surface area (Å²) in [7, 11) is 0. The Labute approximate surface area is 377 Å². The molecule has 2 aliphatic carbocycles. The van der Waals surface area contributed by atoms with Crippen LogP contribution in [-0.4, -0.2) is 43.7 Å². The maximum Gasteiger partial charge on any atom is 1.00 e. The van der Waals surface area contributed by atoms with Crippen LogP contribution in [0.4, 0.5) is 0 Å². The number of ether oxygens (including phenoxy) is 1. The number of rotatable bonds is 2. The van der Waals surface area contributed by atoms with E-state index in [4.69, 9.17) is 9.15 Å². The van der Waals surface area contributed by atoms with Crippen molar-refractivity contribution in [3.63, 3.8) is 0 Å². The van der Waals surface area contributed by atoms with Gasteiger partial charge in [0.05, 0.1) is 14.9 Å². The van der Waals surface area contributed by atoms with Crippen LogP contribution in [0.5, 0.6) is 34.5 Å². The van der Waals surface area contributed by atoms with E-state index in [-0.39, 0.29) is 147 Å². The summed E-state index contributed by atoms with van der Waals surface area (Å²) in [5.41, 5.74) is 1.87. The van der Waals surface area contributed by atoms with Crippen molar-refractivity contribution in [2.24, 2.45) is 0 Å². The second kappa shape index (κ2) is 15.7. The number of carboxylic acids is 1. The molecule has 4 aromatic carbocycles. The SMILES string of the molecule is O=C([O-])c1ccccc1-c1c2cc(Br)c(=O)c(Br)c-2oc2c(Br)c([O-])c(Br)cc12.Oc1cc2c(cc1O)[C@H]1c3ccc(O)c(O)c3OC[C@@]1(O)C2.[Na+].[Na+]. The number of aromatic carboxylic acids is 1. The molecule has 11 nitrogen and oxygen atoms in total. The van der Waals surface area contributed by atoms with Gasteiger partial charge in [-0.1, -0.05) is 52.0 Å². The van der Waals surface area contributed by atoms with Crippen LogP contribution in [0.3, 0.4) is 0 Å². The fourth-order valence-electron chi connectivity index (χ4n) is 6.68. The second-order valence-electron chi connectivity index (χ2n) is 12.0. The molecule has 2 atom stereocenters. The number of hydrogen-bond acceptors (Lipinski definition) is 11. The molecule has 0 aromatic heterocycles. The van der Waals surface area contributed by atoms with Crippen molar-refractivity contribution in [2.75, 3.05) is 6.61 Å². The largest absolute Gasteiger partial charge is 1.00 e. The zero-order valence-corrected chi connectivity index (χ0v) is 37.8. The number of carbonyl (C=O) groups excluding carboxylic acids is 1. The van der Waals surface area contributed by atoms with Crippen molar-refractivity contribution in [3.8, 4) is 56.9 Å². The Morgan fingerprint density at radius 3 is 2.21 bits per heavy atom. The number of carbonyl (C=O) groups is 1. The predicted molar refractivity (Wildman–Crippen MR) is 195 cm³/mol. The number of phenols is 4. The first-order valence-electron chi connectivity index (χ1n) is 14.8. The number of phenolic OH excluding ortho intramolecular Hbond substituents is 4. The minimum atomic E-state index is -1.35. The second-order valence-corrected chi connectivity index (χ2v) is 15.3. The number of halogens is 4. The summed E-state index contributed by atoms with van der Waals surface area (Å²) < 4.78 is 12.3. The molecule has 0 saturated heterocycles. The van der Waals surface area contributed by atoms with E-state index in [2.05, 4.69) is 63.7 Å². The first kappa shape index (κ1) is 41.9. The van der Waals surface area contributed by atoms with E-state index < -0.39 is 17.5 Å². The average molecular weight is 994 g/mol. The third-order valence-electron chi connectivity index (χ3n) is 8.92. The molecule has 0 bridgehead atoms. The molecule has 0 spiro atoms. The third-order valence-corrected chi connectivity index (χ3v) is 11.5. The minimum Gasteiger partial charge on any atom is -0.871 e. The molecule has 4 aliphatic rings. The van der Waals surface area contributed by atoms with Gasteiger partial charge in [-0.05, 0) is 94.8 Å². The molecular weight excluding hydrogens is 974 g/mol. The van der Waals surface area contributed by atoms with E-state index in [1.54, 1.807) is 36.4 Å². The number of carboxylic acid groups (broad SMARTS) is 1. The van der Waals surface area contributed by atoms with Gasteiger partial charge in [-0.25, -0.2) is 0 Å². The molecule has 2 aliphatic heterocycles. The molecule has 0 saturated carbocycles. The summed E-state index contributed by atoms with van der Waals surface area (Å²) in [6.45, 7) is -0.0577. The molecule has 8 rings (SSSR count). The van der Waals surface area contributed by atoms with Gasteiger partial charge >= 0.3 is 59.1 Å². The van der Waals surface area contributed by atoms with Crippen LogP contribution in [0.2, 0.25) is 0 Å². The molecule has 260 valence electrons. The first-order valence-corrected chi connectivity index (χ1v) is 18.0. The molecule has 4 aromatic rings. The van der Waals surface area contributed by atoms with Gasteiger partial charge in [0.2, 0.25) is 11.2 Å². The zero-order chi connectivity index (χ0) is 36.7. The van der Waals surface area contributed by atoms with Gasteiger partial charge in [0.25, 0.3) is 0 Å². The number of aliphatic hydroxyl groups is 1. The van der Waals surface area contributed by atoms with E-state index in [1.807, 2.05) is 0 Å². The average Bonchev–Trinajstić information content (AvgIpc) is 3.38. The Hall–Kier alpha value is -2.28. The first-order chi connectivity index (χ1) is 24.1. The molecule has 0 radical (unpaired) electrons. The van der Waals surface area contributed by atoms with Gasteiger partial charge < -0.3 is 49.7 Å². The Balaban J connectivity index is 0.000000203. The normalized spacial score (nSPS) is 16.6. The van der Waals surface area contributed by atoms with E-state index >= 15 is 0 Å². The molecule has 53 heavy (non-hydrogen) atoms. The van der Waals surface area contributed by atoms with Gasteiger partial charge in [-0.3, -0.25) is 4.79 Å². The predicted octanol–water partition coefficient (Wildman–Crippen LogP) is 0.380. The van der Waals surface area contributed by atoms with E-state index in [0.29, 0.717) is 38.8 Å². The van der Waals surface area contributed by atoms with Crippen molar-refractivity contribution in [1.82, 2.24) is 0 Å². The van der Waals surface area contributed by atoms with E-state index in [9.17, 15) is 45.3 Å². The Kier molecular flexibility index (Phi) is 12.4. The number of benzene rings is 5. The standard InChI is InChI=1S/C20H8Br4O5.C16H14O6.2Na/c21-11-5-9-13(7-3-1-2-4-8(7)20(27)28)10-6-12(22)17(26)15(24)19(10)29-18(9)14(23)16(11)25;17-10-2-1-8-13-9-4-12(19)11(18)3-7(9)5-16(13,21)6-22-15(8)14(10)20;;/h1-6,25H,(H,27,28);1-4,13,17-21H,5-6H2;;/q;;2*+1/p-2/t;13-,16+;;/m.1../s1. The molecule has 17 heteroatoms. The van der Waals surface area contributed by atoms with Crippen LogP contribution in [0.1, 0.15) is 33.0 Å². The fraction of sp³-hybridized carbons (Fsp3) is 0.111. The molecule has 0 unspecified atom stereocenters.